The molecule has 1 atom stereocenters. The molecule has 0 aliphatic rings. The minimum absolute atomic E-state index is 0.184. The predicted octanol–water partition coefficient (Wildman–Crippen LogP) is 2.75. The van der Waals surface area contributed by atoms with E-state index >= 15 is 0 Å². The van der Waals surface area contributed by atoms with Gasteiger partial charge in [0.25, 0.3) is 5.91 Å². The van der Waals surface area contributed by atoms with Crippen LogP contribution in [0.1, 0.15) is 27.9 Å². The summed E-state index contributed by atoms with van der Waals surface area (Å²) in [5.74, 6) is -0.141. The molecule has 6 heteroatoms. The highest BCUT2D eigenvalue weighted by Crippen LogP contribution is 2.19. The normalized spacial score (nSPS) is 12.2. The quantitative estimate of drug-likeness (QED) is 0.921. The van der Waals surface area contributed by atoms with Crippen molar-refractivity contribution in [1.82, 2.24) is 10.5 Å². The van der Waals surface area contributed by atoms with Gasteiger partial charge in [-0.15, -0.1) is 0 Å². The average molecular weight is 295 g/mol. The number of amides is 1. The number of aromatic nitrogens is 1. The zero-order valence-corrected chi connectivity index (χ0v) is 12.0. The maximum atomic E-state index is 11.9. The van der Waals surface area contributed by atoms with E-state index in [0.717, 1.165) is 5.56 Å². The topological polar surface area (TPSA) is 64.4 Å². The zero-order chi connectivity index (χ0) is 14.5. The average Bonchev–Trinajstić information content (AvgIpc) is 2.86. The summed E-state index contributed by atoms with van der Waals surface area (Å²) < 4.78 is 10.3. The minimum atomic E-state index is -0.324. The Bertz CT molecular complexity index is 598. The maximum absolute atomic E-state index is 11.9. The summed E-state index contributed by atoms with van der Waals surface area (Å²) in [6.07, 6.45) is -0.276. The van der Waals surface area contributed by atoms with Crippen molar-refractivity contribution in [3.05, 3.63) is 52.4 Å². The molecular formula is C14H15ClN2O3. The van der Waals surface area contributed by atoms with E-state index in [1.807, 2.05) is 12.1 Å². The Kier molecular flexibility index (Phi) is 4.76. The monoisotopic (exact) mass is 294 g/mol. The third-order valence-electron chi connectivity index (χ3n) is 2.80. The Labute approximate surface area is 121 Å². The number of carbonyl (C=O) groups is 1. The zero-order valence-electron chi connectivity index (χ0n) is 11.2. The molecule has 2 aromatic rings. The second kappa shape index (κ2) is 6.54. The molecule has 1 aromatic heterocycles. The van der Waals surface area contributed by atoms with Crippen LogP contribution in [0.3, 0.4) is 0 Å². The number of hydrogen-bond donors (Lipinski definition) is 1. The predicted molar refractivity (Wildman–Crippen MR) is 74.8 cm³/mol. The number of rotatable bonds is 5. The number of halogens is 1. The molecule has 0 bridgehead atoms. The molecule has 0 radical (unpaired) electrons. The molecule has 2 rings (SSSR count). The molecule has 0 aliphatic heterocycles. The number of ether oxygens (including phenoxy) is 1. The number of nitrogens with one attached hydrogen (secondary N) is 1. The van der Waals surface area contributed by atoms with E-state index in [4.69, 9.17) is 20.9 Å². The largest absolute Gasteiger partial charge is 0.375 e. The summed E-state index contributed by atoms with van der Waals surface area (Å²) in [5, 5.41) is 7.04. The Morgan fingerprint density at radius 1 is 1.50 bits per heavy atom. The molecule has 0 spiro atoms. The van der Waals surface area contributed by atoms with Crippen LogP contribution in [0.2, 0.25) is 5.02 Å². The van der Waals surface area contributed by atoms with E-state index in [9.17, 15) is 4.79 Å². The molecule has 5 nitrogen and oxygen atoms in total. The van der Waals surface area contributed by atoms with Gasteiger partial charge in [0.1, 0.15) is 0 Å². The number of hydrogen-bond acceptors (Lipinski definition) is 4. The van der Waals surface area contributed by atoms with Crippen LogP contribution in [-0.4, -0.2) is 24.7 Å². The van der Waals surface area contributed by atoms with E-state index in [1.165, 1.54) is 0 Å². The van der Waals surface area contributed by atoms with Crippen molar-refractivity contribution in [3.8, 4) is 0 Å². The molecule has 0 fully saturated rings. The summed E-state index contributed by atoms with van der Waals surface area (Å²) in [5.41, 5.74) is 1.56. The van der Waals surface area contributed by atoms with Crippen LogP contribution < -0.4 is 5.32 Å². The van der Waals surface area contributed by atoms with Gasteiger partial charge in [0.05, 0.1) is 11.8 Å². The lowest BCUT2D eigenvalue weighted by atomic mass is 10.1. The second-order valence-electron chi connectivity index (χ2n) is 4.32. The highest BCUT2D eigenvalue weighted by molar-refractivity contribution is 6.30. The lowest BCUT2D eigenvalue weighted by Crippen LogP contribution is -2.28. The number of nitrogens with zero attached hydrogens (tertiary/aromatic N) is 1. The van der Waals surface area contributed by atoms with Crippen molar-refractivity contribution in [2.75, 3.05) is 13.7 Å². The van der Waals surface area contributed by atoms with Crippen LogP contribution in [0, 0.1) is 6.92 Å². The van der Waals surface area contributed by atoms with Gasteiger partial charge < -0.3 is 14.6 Å². The Morgan fingerprint density at radius 2 is 2.30 bits per heavy atom. The van der Waals surface area contributed by atoms with Gasteiger partial charge in [-0.1, -0.05) is 28.9 Å². The Morgan fingerprint density at radius 3 is 2.90 bits per heavy atom. The molecule has 106 valence electrons. The third kappa shape index (κ3) is 3.59. The van der Waals surface area contributed by atoms with Crippen LogP contribution in [-0.2, 0) is 4.74 Å². The van der Waals surface area contributed by atoms with E-state index in [1.54, 1.807) is 32.2 Å². The van der Waals surface area contributed by atoms with Crippen molar-refractivity contribution in [1.29, 1.82) is 0 Å². The Hall–Kier alpha value is -1.85. The lowest BCUT2D eigenvalue weighted by molar-refractivity contribution is 0.0800. The maximum Gasteiger partial charge on any atom is 0.290 e. The molecule has 0 aliphatic carbocycles. The van der Waals surface area contributed by atoms with Crippen molar-refractivity contribution in [2.45, 2.75) is 13.0 Å². The Balaban J connectivity index is 1.99. The lowest BCUT2D eigenvalue weighted by Gasteiger charge is -2.16. The molecule has 0 unspecified atom stereocenters. The fourth-order valence-electron chi connectivity index (χ4n) is 1.79. The van der Waals surface area contributed by atoms with Gasteiger partial charge in [-0.05, 0) is 24.6 Å². The van der Waals surface area contributed by atoms with Gasteiger partial charge in [0.2, 0.25) is 5.76 Å². The minimum Gasteiger partial charge on any atom is -0.375 e. The van der Waals surface area contributed by atoms with Crippen molar-refractivity contribution in [3.63, 3.8) is 0 Å². The van der Waals surface area contributed by atoms with Gasteiger partial charge in [0.15, 0.2) is 0 Å². The van der Waals surface area contributed by atoms with Gasteiger partial charge in [-0.25, -0.2) is 0 Å². The second-order valence-corrected chi connectivity index (χ2v) is 4.76. The van der Waals surface area contributed by atoms with Crippen molar-refractivity contribution < 1.29 is 14.1 Å². The molecule has 20 heavy (non-hydrogen) atoms. The van der Waals surface area contributed by atoms with Gasteiger partial charge in [-0.3, -0.25) is 4.79 Å². The molecular weight excluding hydrogens is 280 g/mol. The van der Waals surface area contributed by atoms with Crippen LogP contribution >= 0.6 is 11.6 Å². The fraction of sp³-hybridized carbons (Fsp3) is 0.286. The fourth-order valence-corrected chi connectivity index (χ4v) is 1.99. The van der Waals surface area contributed by atoms with E-state index < -0.39 is 0 Å². The molecule has 1 aromatic carbocycles. The van der Waals surface area contributed by atoms with Gasteiger partial charge >= 0.3 is 0 Å². The third-order valence-corrected chi connectivity index (χ3v) is 3.04. The molecule has 1 N–H and O–H groups in total. The van der Waals surface area contributed by atoms with Crippen molar-refractivity contribution in [2.24, 2.45) is 0 Å². The molecule has 0 saturated carbocycles. The van der Waals surface area contributed by atoms with Crippen LogP contribution in [0.15, 0.2) is 34.9 Å². The summed E-state index contributed by atoms with van der Waals surface area (Å²) in [4.78, 5) is 11.9. The van der Waals surface area contributed by atoms with Crippen LogP contribution in [0.25, 0.3) is 0 Å². The highest BCUT2D eigenvalue weighted by Gasteiger charge is 2.15. The van der Waals surface area contributed by atoms with Gasteiger partial charge in [0, 0.05) is 24.7 Å². The first-order valence-corrected chi connectivity index (χ1v) is 6.47. The van der Waals surface area contributed by atoms with E-state index in [0.29, 0.717) is 17.3 Å². The van der Waals surface area contributed by atoms with E-state index in [-0.39, 0.29) is 17.8 Å². The molecule has 1 heterocycles. The summed E-state index contributed by atoms with van der Waals surface area (Å²) >= 11 is 5.94. The standard InChI is InChI=1S/C14H15ClN2O3/c1-9-6-12(20-17-9)14(18)16-8-13(19-2)10-4-3-5-11(15)7-10/h3-7,13H,8H2,1-2H3,(H,16,18)/t13-/m1/s1. The first-order valence-electron chi connectivity index (χ1n) is 6.10. The van der Waals surface area contributed by atoms with Crippen LogP contribution in [0.5, 0.6) is 0 Å². The summed E-state index contributed by atoms with van der Waals surface area (Å²) in [7, 11) is 1.58. The van der Waals surface area contributed by atoms with Gasteiger partial charge in [-0.2, -0.15) is 0 Å². The molecule has 0 saturated heterocycles. The highest BCUT2D eigenvalue weighted by atomic mass is 35.5. The van der Waals surface area contributed by atoms with E-state index in [2.05, 4.69) is 10.5 Å². The number of benzene rings is 1. The first kappa shape index (κ1) is 14.6. The number of carbonyl (C=O) groups excluding carboxylic acids is 1. The van der Waals surface area contributed by atoms with Crippen LogP contribution in [0.4, 0.5) is 0 Å². The smallest absolute Gasteiger partial charge is 0.290 e. The SMILES string of the molecule is CO[C@H](CNC(=O)c1cc(C)no1)c1cccc(Cl)c1. The summed E-state index contributed by atoms with van der Waals surface area (Å²) in [6.45, 7) is 2.07. The molecule has 1 amide bonds. The number of methoxy groups -OCH3 is 1. The first-order chi connectivity index (χ1) is 9.60. The van der Waals surface area contributed by atoms with Crippen molar-refractivity contribution >= 4 is 17.5 Å². The number of aryl methyl sites for hydroxylation is 1. The summed E-state index contributed by atoms with van der Waals surface area (Å²) in [6, 6.07) is 8.90.